The summed E-state index contributed by atoms with van der Waals surface area (Å²) in [4.78, 5) is 25.2. The van der Waals surface area contributed by atoms with Crippen molar-refractivity contribution in [2.75, 3.05) is 25.5 Å². The number of rotatable bonds is 5. The number of aliphatic hydroxyl groups excluding tert-OH is 1. The number of alkyl halides is 3. The largest absolute Gasteiger partial charge is 0.433 e. The molecule has 8 nitrogen and oxygen atoms in total. The van der Waals surface area contributed by atoms with Crippen LogP contribution >= 0.6 is 11.3 Å². The van der Waals surface area contributed by atoms with Gasteiger partial charge in [0, 0.05) is 36.3 Å². The van der Waals surface area contributed by atoms with E-state index in [-0.39, 0.29) is 24.3 Å². The van der Waals surface area contributed by atoms with Gasteiger partial charge in [0.05, 0.1) is 33.7 Å². The number of anilines is 1. The molecular weight excluding hydrogens is 505 g/mol. The summed E-state index contributed by atoms with van der Waals surface area (Å²) in [6.07, 6.45) is -1.54. The number of carbonyl (C=O) groups is 1. The minimum atomic E-state index is -4.59. The number of thiophene rings is 1. The highest BCUT2D eigenvalue weighted by molar-refractivity contribution is 7.19. The maximum atomic E-state index is 13.8. The second-order valence-corrected chi connectivity index (χ2v) is 11.2. The zero-order valence-corrected chi connectivity index (χ0v) is 21.2. The molecule has 196 valence electrons. The van der Waals surface area contributed by atoms with Crippen LogP contribution in [0.15, 0.2) is 24.4 Å². The van der Waals surface area contributed by atoms with Gasteiger partial charge in [0.15, 0.2) is 6.23 Å². The van der Waals surface area contributed by atoms with E-state index in [9.17, 15) is 23.1 Å². The summed E-state index contributed by atoms with van der Waals surface area (Å²) in [5.74, 6) is 0. The standard InChI is InChI=1S/C25H27F3N6O2S/c1-13-9-18(25(26,27)28)32-20(19(13)31-14-3-7-29-11-14)16-4-8-30-17-10-15(37-21(16)17)12-34-22(35)24(5-6-24)33(2)23(34)36/h4,8-10,14,22,29,31,35H,3,5-7,11-12H2,1-2H3. The molecule has 1 saturated carbocycles. The monoisotopic (exact) mass is 532 g/mol. The number of aliphatic hydroxyl groups is 1. The molecule has 0 aromatic carbocycles. The highest BCUT2D eigenvalue weighted by atomic mass is 32.1. The Morgan fingerprint density at radius 2 is 2.11 bits per heavy atom. The Kier molecular flexibility index (Phi) is 5.62. The van der Waals surface area contributed by atoms with Gasteiger partial charge in [0.1, 0.15) is 5.69 Å². The first-order chi connectivity index (χ1) is 17.6. The Morgan fingerprint density at radius 1 is 1.32 bits per heavy atom. The van der Waals surface area contributed by atoms with Crippen LogP contribution in [-0.4, -0.2) is 68.9 Å². The van der Waals surface area contributed by atoms with Gasteiger partial charge in [0.2, 0.25) is 0 Å². The number of pyridine rings is 2. The Bertz CT molecular complexity index is 1380. The third-order valence-corrected chi connectivity index (χ3v) is 8.84. The van der Waals surface area contributed by atoms with E-state index in [2.05, 4.69) is 20.6 Å². The van der Waals surface area contributed by atoms with E-state index >= 15 is 0 Å². The van der Waals surface area contributed by atoms with Crippen LogP contribution in [0.2, 0.25) is 0 Å². The second-order valence-electron chi connectivity index (χ2n) is 10.1. The molecule has 3 N–H and O–H groups in total. The van der Waals surface area contributed by atoms with Crippen molar-refractivity contribution in [3.63, 3.8) is 0 Å². The van der Waals surface area contributed by atoms with Gasteiger partial charge in [-0.25, -0.2) is 9.78 Å². The van der Waals surface area contributed by atoms with Gasteiger partial charge in [-0.2, -0.15) is 13.2 Å². The van der Waals surface area contributed by atoms with Crippen molar-refractivity contribution in [1.82, 2.24) is 25.1 Å². The topological polar surface area (TPSA) is 93.6 Å². The summed E-state index contributed by atoms with van der Waals surface area (Å²) in [6.45, 7) is 3.41. The summed E-state index contributed by atoms with van der Waals surface area (Å²) in [6, 6.07) is 4.45. The maximum absolute atomic E-state index is 13.8. The molecular formula is C25H27F3N6O2S. The van der Waals surface area contributed by atoms with E-state index < -0.39 is 23.6 Å². The molecule has 3 aromatic heterocycles. The van der Waals surface area contributed by atoms with Crippen LogP contribution in [-0.2, 0) is 12.7 Å². The number of hydrogen-bond donors (Lipinski definition) is 3. The fourth-order valence-corrected chi connectivity index (χ4v) is 6.55. The number of fused-ring (bicyclic) bond motifs is 1. The van der Waals surface area contributed by atoms with Crippen molar-refractivity contribution in [1.29, 1.82) is 0 Å². The molecule has 2 atom stereocenters. The van der Waals surface area contributed by atoms with E-state index in [0.29, 0.717) is 27.0 Å². The van der Waals surface area contributed by atoms with Crippen molar-refractivity contribution in [3.05, 3.63) is 40.5 Å². The van der Waals surface area contributed by atoms with Gasteiger partial charge in [-0.15, -0.1) is 11.3 Å². The first-order valence-electron chi connectivity index (χ1n) is 12.2. The van der Waals surface area contributed by atoms with Crippen molar-refractivity contribution in [3.8, 4) is 11.3 Å². The third-order valence-electron chi connectivity index (χ3n) is 7.70. The number of nitrogens with one attached hydrogen (secondary N) is 2. The number of likely N-dealkylation sites (N-methyl/N-ethyl adjacent to an activating group) is 1. The smallest absolute Gasteiger partial charge is 0.379 e. The fourth-order valence-electron chi connectivity index (χ4n) is 5.42. The summed E-state index contributed by atoms with van der Waals surface area (Å²) in [5, 5.41) is 17.5. The van der Waals surface area contributed by atoms with Gasteiger partial charge in [-0.3, -0.25) is 9.88 Å². The van der Waals surface area contributed by atoms with E-state index in [4.69, 9.17) is 0 Å². The number of amides is 2. The van der Waals surface area contributed by atoms with Crippen molar-refractivity contribution >= 4 is 33.3 Å². The van der Waals surface area contributed by atoms with Crippen LogP contribution in [0.1, 0.15) is 35.4 Å². The molecule has 0 radical (unpaired) electrons. The Labute approximate surface area is 215 Å². The SMILES string of the molecule is Cc1cc(C(F)(F)F)nc(-c2ccnc3cc(CN4C(=O)N(C)C5(CC5)C4O)sc23)c1NC1CCNC1. The molecule has 37 heavy (non-hydrogen) atoms. The fraction of sp³-hybridized carbons (Fsp3) is 0.480. The first kappa shape index (κ1) is 24.4. The highest BCUT2D eigenvalue weighted by Crippen LogP contribution is 2.50. The maximum Gasteiger partial charge on any atom is 0.433 e. The second kappa shape index (κ2) is 8.53. The van der Waals surface area contributed by atoms with Gasteiger partial charge >= 0.3 is 12.2 Å². The number of aryl methyl sites for hydroxylation is 1. The molecule has 3 fully saturated rings. The van der Waals surface area contributed by atoms with Gasteiger partial charge in [-0.05, 0) is 56.5 Å². The summed E-state index contributed by atoms with van der Waals surface area (Å²) in [7, 11) is 1.71. The number of carbonyl (C=O) groups excluding carboxylic acids is 1. The Hall–Kier alpha value is -2.96. The molecule has 6 rings (SSSR count). The lowest BCUT2D eigenvalue weighted by atomic mass is 10.0. The number of aromatic nitrogens is 2. The van der Waals surface area contributed by atoms with Crippen LogP contribution in [0.4, 0.5) is 23.7 Å². The first-order valence-corrected chi connectivity index (χ1v) is 13.1. The van der Waals surface area contributed by atoms with Crippen LogP contribution in [0.3, 0.4) is 0 Å². The Balaban J connectivity index is 1.41. The molecule has 3 aliphatic rings. The molecule has 1 aliphatic carbocycles. The molecule has 2 amide bonds. The van der Waals surface area contributed by atoms with E-state index in [1.54, 1.807) is 31.1 Å². The van der Waals surface area contributed by atoms with E-state index in [1.165, 1.54) is 16.2 Å². The average Bonchev–Trinajstić information content (AvgIpc) is 3.23. The average molecular weight is 533 g/mol. The van der Waals surface area contributed by atoms with Crippen LogP contribution < -0.4 is 10.6 Å². The molecule has 12 heteroatoms. The van der Waals surface area contributed by atoms with Crippen molar-refractivity contribution in [2.45, 2.75) is 56.7 Å². The summed E-state index contributed by atoms with van der Waals surface area (Å²) >= 11 is 1.35. The van der Waals surface area contributed by atoms with Crippen molar-refractivity contribution < 1.29 is 23.1 Å². The van der Waals surface area contributed by atoms with Gasteiger partial charge in [-0.1, -0.05) is 0 Å². The zero-order valence-electron chi connectivity index (χ0n) is 20.4. The number of hydrogen-bond acceptors (Lipinski definition) is 7. The van der Waals surface area contributed by atoms with E-state index in [1.807, 2.05) is 6.07 Å². The third kappa shape index (κ3) is 4.02. The predicted molar refractivity (Wildman–Crippen MR) is 134 cm³/mol. The minimum absolute atomic E-state index is 0.0848. The van der Waals surface area contributed by atoms with Crippen molar-refractivity contribution in [2.24, 2.45) is 0 Å². The molecule has 0 bridgehead atoms. The normalized spacial score (nSPS) is 23.0. The molecule has 5 heterocycles. The quantitative estimate of drug-likeness (QED) is 0.457. The van der Waals surface area contributed by atoms with Crippen LogP contribution in [0.25, 0.3) is 21.5 Å². The highest BCUT2D eigenvalue weighted by Gasteiger charge is 2.62. The summed E-state index contributed by atoms with van der Waals surface area (Å²) < 4.78 is 41.9. The van der Waals surface area contributed by atoms with Gasteiger partial charge < -0.3 is 20.6 Å². The molecule has 3 aromatic rings. The molecule has 2 unspecified atom stereocenters. The predicted octanol–water partition coefficient (Wildman–Crippen LogP) is 4.18. The number of nitrogens with zero attached hydrogens (tertiary/aromatic N) is 4. The number of urea groups is 1. The Morgan fingerprint density at radius 3 is 2.76 bits per heavy atom. The minimum Gasteiger partial charge on any atom is -0.379 e. The lowest BCUT2D eigenvalue weighted by Gasteiger charge is -2.21. The molecule has 2 aliphatic heterocycles. The molecule has 2 saturated heterocycles. The van der Waals surface area contributed by atoms with Crippen LogP contribution in [0, 0.1) is 6.92 Å². The number of halogens is 3. The van der Waals surface area contributed by atoms with Gasteiger partial charge in [0.25, 0.3) is 0 Å². The zero-order chi connectivity index (χ0) is 26.1. The lowest BCUT2D eigenvalue weighted by molar-refractivity contribution is -0.141. The van der Waals surface area contributed by atoms with Crippen LogP contribution in [0.5, 0.6) is 0 Å². The summed E-state index contributed by atoms with van der Waals surface area (Å²) in [5.41, 5.74) is 0.980. The lowest BCUT2D eigenvalue weighted by Crippen LogP contribution is -2.37. The van der Waals surface area contributed by atoms with E-state index in [0.717, 1.165) is 43.3 Å². The molecule has 1 spiro atoms.